The molecule has 0 aliphatic heterocycles. The predicted octanol–water partition coefficient (Wildman–Crippen LogP) is 6.02. The number of benzene rings is 9. The maximum atomic E-state index is 8.34. The third kappa shape index (κ3) is 8.03. The molecule has 0 atom stereocenters. The largest absolute Gasteiger partial charge is 0.873 e. The first kappa shape index (κ1) is 40.4. The monoisotopic (exact) mass is 852 g/mol. The fraction of sp³-hybridized carbons (Fsp3) is 0. The van der Waals surface area contributed by atoms with Crippen molar-refractivity contribution in [1.82, 2.24) is 0 Å². The summed E-state index contributed by atoms with van der Waals surface area (Å²) in [5.41, 5.74) is 0. The maximum Gasteiger partial charge on any atom is 0.873 e. The van der Waals surface area contributed by atoms with Crippen LogP contribution in [0.2, 0.25) is 0 Å². The third-order valence-electron chi connectivity index (χ3n) is 11.4. The molecule has 294 valence electrons. The Morgan fingerprint density at radius 2 is 0.295 bits per heavy atom. The van der Waals surface area contributed by atoms with Gasteiger partial charge in [0.05, 0.1) is 0 Å². The summed E-state index contributed by atoms with van der Waals surface area (Å²) in [5.74, 6) is 0. The van der Waals surface area contributed by atoms with E-state index in [2.05, 4.69) is 273 Å². The molecule has 0 bridgehead atoms. The normalized spacial score (nSPS) is 11.8. The molecular formula is C54H45AlO3Si3. The van der Waals surface area contributed by atoms with Crippen LogP contribution in [0.25, 0.3) is 0 Å². The SMILES string of the molecule is c1ccc([Si]([O][Al]([O][Si](c2ccccc2)(c2ccccc2)c2ccccc2)[O][Si](c2ccccc2)(c2ccccc2)c2ccccc2)(c2ccccc2)c2ccccc2)cc1. The lowest BCUT2D eigenvalue weighted by Gasteiger charge is -2.43. The molecule has 7 heteroatoms. The summed E-state index contributed by atoms with van der Waals surface area (Å²) in [6, 6.07) is 97.0. The van der Waals surface area contributed by atoms with Gasteiger partial charge in [-0.3, -0.25) is 0 Å². The van der Waals surface area contributed by atoms with Crippen molar-refractivity contribution in [3.63, 3.8) is 0 Å². The molecule has 9 aromatic carbocycles. The van der Waals surface area contributed by atoms with Crippen LogP contribution in [0, 0.1) is 0 Å². The molecule has 0 unspecified atom stereocenters. The minimum atomic E-state index is -3.45. The second-order valence-corrected chi connectivity index (χ2v) is 27.7. The van der Waals surface area contributed by atoms with E-state index in [1.54, 1.807) is 0 Å². The van der Waals surface area contributed by atoms with Crippen LogP contribution < -0.4 is 46.7 Å². The van der Waals surface area contributed by atoms with Gasteiger partial charge in [0.25, 0.3) is 25.0 Å². The molecule has 0 saturated heterocycles. The van der Waals surface area contributed by atoms with Crippen LogP contribution in [0.1, 0.15) is 0 Å². The van der Waals surface area contributed by atoms with E-state index in [1.165, 1.54) is 0 Å². The molecule has 61 heavy (non-hydrogen) atoms. The van der Waals surface area contributed by atoms with E-state index in [0.29, 0.717) is 0 Å². The highest BCUT2D eigenvalue weighted by Crippen LogP contribution is 2.21. The van der Waals surface area contributed by atoms with Gasteiger partial charge in [-0.25, -0.2) is 0 Å². The highest BCUT2D eigenvalue weighted by atomic mass is 28.4. The molecule has 9 rings (SSSR count). The Kier molecular flexibility index (Phi) is 12.4. The Morgan fingerprint density at radius 1 is 0.180 bits per heavy atom. The molecule has 0 fully saturated rings. The molecule has 0 saturated carbocycles. The van der Waals surface area contributed by atoms with E-state index in [-0.39, 0.29) is 0 Å². The fourth-order valence-electron chi connectivity index (χ4n) is 8.67. The number of rotatable bonds is 15. The van der Waals surface area contributed by atoms with Crippen molar-refractivity contribution >= 4 is 86.8 Å². The van der Waals surface area contributed by atoms with Gasteiger partial charge >= 0.3 is 15.1 Å². The molecule has 0 radical (unpaired) electrons. The zero-order valence-corrected chi connectivity index (χ0v) is 37.9. The van der Waals surface area contributed by atoms with Crippen molar-refractivity contribution < 1.29 is 10.4 Å². The fourth-order valence-corrected chi connectivity index (χ4v) is 27.9. The summed E-state index contributed by atoms with van der Waals surface area (Å²) in [4.78, 5) is 0. The average Bonchev–Trinajstić information content (AvgIpc) is 3.36. The predicted molar refractivity (Wildman–Crippen MR) is 261 cm³/mol. The highest BCUT2D eigenvalue weighted by Gasteiger charge is 2.58. The zero-order chi connectivity index (χ0) is 41.2. The molecule has 0 N–H and O–H groups in total. The molecule has 0 amide bonds. The van der Waals surface area contributed by atoms with Gasteiger partial charge in [0, 0.05) is 0 Å². The zero-order valence-electron chi connectivity index (χ0n) is 33.8. The standard InChI is InChI=1S/3C18H15OSi.Al/c3*19-20(16-10-4-1-5-11-16,17-12-6-2-7-13-17)18-14-8-3-9-15-18;/h3*1-15H;/q3*-1;+3. The first-order chi connectivity index (χ1) is 30.2. The molecule has 0 aliphatic rings. The van der Waals surface area contributed by atoms with Crippen LogP contribution in [0.3, 0.4) is 0 Å². The summed E-state index contributed by atoms with van der Waals surface area (Å²) < 4.78 is 25.0. The quantitative estimate of drug-likeness (QED) is 0.0934. The van der Waals surface area contributed by atoms with E-state index in [9.17, 15) is 0 Å². The van der Waals surface area contributed by atoms with Gasteiger partial charge in [0.15, 0.2) is 0 Å². The summed E-state index contributed by atoms with van der Waals surface area (Å²) in [7, 11) is -10.3. The van der Waals surface area contributed by atoms with Gasteiger partial charge in [0.1, 0.15) is 0 Å². The lowest BCUT2D eigenvalue weighted by molar-refractivity contribution is 0.314. The van der Waals surface area contributed by atoms with E-state index in [4.69, 9.17) is 10.4 Å². The van der Waals surface area contributed by atoms with Crippen molar-refractivity contribution in [3.8, 4) is 0 Å². The molecule has 0 heterocycles. The molecule has 0 spiro atoms. The lowest BCUT2D eigenvalue weighted by atomic mass is 10.3. The average molecular weight is 853 g/mol. The van der Waals surface area contributed by atoms with Gasteiger partial charge in [-0.05, 0) is 46.7 Å². The molecular weight excluding hydrogens is 808 g/mol. The van der Waals surface area contributed by atoms with Gasteiger partial charge in [-0.1, -0.05) is 273 Å². The summed E-state index contributed by atoms with van der Waals surface area (Å²) in [6.45, 7) is 0. The van der Waals surface area contributed by atoms with Crippen LogP contribution in [0.4, 0.5) is 0 Å². The molecule has 3 nitrogen and oxygen atoms in total. The van der Waals surface area contributed by atoms with Gasteiger partial charge in [-0.2, -0.15) is 0 Å². The smallest absolute Gasteiger partial charge is 0.489 e. The highest BCUT2D eigenvalue weighted by molar-refractivity contribution is 7.14. The van der Waals surface area contributed by atoms with Crippen LogP contribution in [0.15, 0.2) is 273 Å². The van der Waals surface area contributed by atoms with Gasteiger partial charge in [0.2, 0.25) is 0 Å². The second-order valence-electron chi connectivity index (χ2n) is 15.0. The maximum absolute atomic E-state index is 8.34. The molecule has 9 aromatic rings. The Bertz CT molecular complexity index is 2110. The van der Waals surface area contributed by atoms with Gasteiger partial charge < -0.3 is 10.4 Å². The topological polar surface area (TPSA) is 27.7 Å². The summed E-state index contributed by atoms with van der Waals surface area (Å²) in [5, 5.41) is 10.1. The van der Waals surface area contributed by atoms with E-state index < -0.39 is 40.1 Å². The minimum Gasteiger partial charge on any atom is -0.489 e. The van der Waals surface area contributed by atoms with Gasteiger partial charge in [-0.15, -0.1) is 0 Å². The third-order valence-corrected chi connectivity index (χ3v) is 28.3. The Morgan fingerprint density at radius 3 is 0.410 bits per heavy atom. The van der Waals surface area contributed by atoms with Crippen molar-refractivity contribution in [3.05, 3.63) is 273 Å². The lowest BCUT2D eigenvalue weighted by Crippen LogP contribution is -2.78. The van der Waals surface area contributed by atoms with Crippen LogP contribution in [-0.2, 0) is 10.4 Å². The summed E-state index contributed by atoms with van der Waals surface area (Å²) >= 11 is -3.45. The Hall–Kier alpha value is -5.96. The summed E-state index contributed by atoms with van der Waals surface area (Å²) in [6.07, 6.45) is 0. The Balaban J connectivity index is 1.39. The van der Waals surface area contributed by atoms with Crippen molar-refractivity contribution in [2.45, 2.75) is 0 Å². The van der Waals surface area contributed by atoms with E-state index in [1.807, 2.05) is 0 Å². The van der Waals surface area contributed by atoms with Crippen molar-refractivity contribution in [1.29, 1.82) is 0 Å². The van der Waals surface area contributed by atoms with Crippen molar-refractivity contribution in [2.75, 3.05) is 0 Å². The van der Waals surface area contributed by atoms with E-state index in [0.717, 1.165) is 46.7 Å². The minimum absolute atomic E-state index is 1.12. The second kappa shape index (κ2) is 18.8. The first-order valence-electron chi connectivity index (χ1n) is 20.8. The molecule has 0 aromatic heterocycles. The number of hydrogen-bond acceptors (Lipinski definition) is 3. The number of hydrogen-bond donors (Lipinski definition) is 0. The van der Waals surface area contributed by atoms with Crippen molar-refractivity contribution in [2.24, 2.45) is 0 Å². The first-order valence-corrected chi connectivity index (χ1v) is 27.9. The Labute approximate surface area is 368 Å². The van der Waals surface area contributed by atoms with E-state index >= 15 is 0 Å². The van der Waals surface area contributed by atoms with Crippen LogP contribution in [0.5, 0.6) is 0 Å². The van der Waals surface area contributed by atoms with Crippen LogP contribution >= 0.6 is 0 Å². The van der Waals surface area contributed by atoms with Crippen LogP contribution in [-0.4, -0.2) is 40.1 Å². The molecule has 0 aliphatic carbocycles.